The van der Waals surface area contributed by atoms with E-state index in [9.17, 15) is 4.79 Å². The summed E-state index contributed by atoms with van der Waals surface area (Å²) in [5.41, 5.74) is 4.34. The Bertz CT molecular complexity index is 629. The minimum absolute atomic E-state index is 0.0258. The van der Waals surface area contributed by atoms with Crippen LogP contribution in [0.2, 0.25) is 0 Å². The molecule has 2 aromatic carbocycles. The highest BCUT2D eigenvalue weighted by atomic mass is 16.5. The Morgan fingerprint density at radius 3 is 2.41 bits per heavy atom. The molecule has 0 bridgehead atoms. The first-order chi connectivity index (χ1) is 10.5. The summed E-state index contributed by atoms with van der Waals surface area (Å²) in [6.45, 7) is 6.63. The van der Waals surface area contributed by atoms with Gasteiger partial charge in [-0.2, -0.15) is 0 Å². The van der Waals surface area contributed by atoms with Crippen LogP contribution >= 0.6 is 0 Å². The quantitative estimate of drug-likeness (QED) is 0.802. The van der Waals surface area contributed by atoms with Crippen LogP contribution in [0.1, 0.15) is 29.5 Å². The number of ether oxygens (including phenoxy) is 1. The first-order valence-corrected chi connectivity index (χ1v) is 7.60. The molecule has 0 spiro atoms. The number of benzene rings is 2. The molecule has 0 aliphatic heterocycles. The molecular formula is C19H23NO2. The number of anilines is 1. The average Bonchev–Trinajstić information content (AvgIpc) is 2.42. The van der Waals surface area contributed by atoms with Crippen molar-refractivity contribution in [2.45, 2.75) is 33.6 Å². The predicted octanol–water partition coefficient (Wildman–Crippen LogP) is 4.41. The van der Waals surface area contributed by atoms with E-state index in [1.54, 1.807) is 0 Å². The van der Waals surface area contributed by atoms with Crippen molar-refractivity contribution in [3.05, 3.63) is 59.2 Å². The summed E-state index contributed by atoms with van der Waals surface area (Å²) in [5.74, 6) is 0.882. The van der Waals surface area contributed by atoms with E-state index in [0.717, 1.165) is 22.6 Å². The molecule has 0 aliphatic carbocycles. The van der Waals surface area contributed by atoms with Gasteiger partial charge in [0.1, 0.15) is 5.75 Å². The molecule has 2 aromatic rings. The Morgan fingerprint density at radius 1 is 1.00 bits per heavy atom. The fraction of sp³-hybridized carbons (Fsp3) is 0.316. The molecule has 116 valence electrons. The molecule has 0 saturated heterocycles. The summed E-state index contributed by atoms with van der Waals surface area (Å²) in [6, 6.07) is 14.0. The first kappa shape index (κ1) is 16.1. The van der Waals surface area contributed by atoms with E-state index in [1.807, 2.05) is 57.2 Å². The molecule has 0 atom stereocenters. The Balaban J connectivity index is 1.74. The maximum absolute atomic E-state index is 11.9. The van der Waals surface area contributed by atoms with Gasteiger partial charge in [0, 0.05) is 12.1 Å². The molecule has 22 heavy (non-hydrogen) atoms. The van der Waals surface area contributed by atoms with Gasteiger partial charge in [-0.05, 0) is 68.1 Å². The molecule has 0 fully saturated rings. The first-order valence-electron chi connectivity index (χ1n) is 7.60. The molecule has 0 radical (unpaired) electrons. The number of rotatable bonds is 6. The molecule has 0 aromatic heterocycles. The Kier molecular flexibility index (Phi) is 5.59. The SMILES string of the molecule is Cc1cc(C)cc(NC(=O)CCCOc2cccc(C)c2)c1. The molecule has 3 heteroatoms. The fourth-order valence-electron chi connectivity index (χ4n) is 2.40. The highest BCUT2D eigenvalue weighted by Gasteiger charge is 2.04. The van der Waals surface area contributed by atoms with Crippen LogP contribution in [-0.4, -0.2) is 12.5 Å². The number of hydrogen-bond donors (Lipinski definition) is 1. The Hall–Kier alpha value is -2.29. The van der Waals surface area contributed by atoms with Gasteiger partial charge in [0.25, 0.3) is 0 Å². The van der Waals surface area contributed by atoms with Crippen LogP contribution in [0.25, 0.3) is 0 Å². The minimum atomic E-state index is 0.0258. The third kappa shape index (κ3) is 5.24. The largest absolute Gasteiger partial charge is 0.494 e. The average molecular weight is 297 g/mol. The van der Waals surface area contributed by atoms with Crippen LogP contribution in [0.3, 0.4) is 0 Å². The van der Waals surface area contributed by atoms with Gasteiger partial charge < -0.3 is 10.1 Å². The molecular weight excluding hydrogens is 274 g/mol. The predicted molar refractivity (Wildman–Crippen MR) is 90.5 cm³/mol. The van der Waals surface area contributed by atoms with Crippen molar-refractivity contribution < 1.29 is 9.53 Å². The zero-order valence-corrected chi connectivity index (χ0v) is 13.5. The summed E-state index contributed by atoms with van der Waals surface area (Å²) >= 11 is 0. The summed E-state index contributed by atoms with van der Waals surface area (Å²) in [4.78, 5) is 11.9. The van der Waals surface area contributed by atoms with Gasteiger partial charge >= 0.3 is 0 Å². The topological polar surface area (TPSA) is 38.3 Å². The van der Waals surface area contributed by atoms with E-state index in [4.69, 9.17) is 4.74 Å². The summed E-state index contributed by atoms with van der Waals surface area (Å²) < 4.78 is 5.65. The minimum Gasteiger partial charge on any atom is -0.494 e. The van der Waals surface area contributed by atoms with Gasteiger partial charge in [-0.3, -0.25) is 4.79 Å². The van der Waals surface area contributed by atoms with Crippen molar-refractivity contribution in [3.8, 4) is 5.75 Å². The lowest BCUT2D eigenvalue weighted by atomic mass is 10.1. The van der Waals surface area contributed by atoms with E-state index in [-0.39, 0.29) is 5.91 Å². The number of carbonyl (C=O) groups excluding carboxylic acids is 1. The highest BCUT2D eigenvalue weighted by Crippen LogP contribution is 2.15. The second-order valence-corrected chi connectivity index (χ2v) is 5.69. The van der Waals surface area contributed by atoms with Crippen LogP contribution in [-0.2, 0) is 4.79 Å². The van der Waals surface area contributed by atoms with Crippen molar-refractivity contribution in [3.63, 3.8) is 0 Å². The summed E-state index contributed by atoms with van der Waals surface area (Å²) in [5, 5.41) is 2.94. The Labute approximate surface area is 132 Å². The zero-order chi connectivity index (χ0) is 15.9. The molecule has 1 amide bonds. The zero-order valence-electron chi connectivity index (χ0n) is 13.5. The standard InChI is InChI=1S/C19H23NO2/c1-14-6-4-7-18(13-14)22-9-5-8-19(21)20-17-11-15(2)10-16(3)12-17/h4,6-7,10-13H,5,8-9H2,1-3H3,(H,20,21). The van der Waals surface area contributed by atoms with Gasteiger partial charge in [0.05, 0.1) is 6.61 Å². The highest BCUT2D eigenvalue weighted by molar-refractivity contribution is 5.90. The van der Waals surface area contributed by atoms with Crippen molar-refractivity contribution in [1.82, 2.24) is 0 Å². The van der Waals surface area contributed by atoms with Crippen molar-refractivity contribution in [1.29, 1.82) is 0 Å². The van der Waals surface area contributed by atoms with Gasteiger partial charge in [-0.25, -0.2) is 0 Å². The number of amides is 1. The second kappa shape index (κ2) is 7.64. The normalized spacial score (nSPS) is 10.3. The lowest BCUT2D eigenvalue weighted by Crippen LogP contribution is -2.13. The second-order valence-electron chi connectivity index (χ2n) is 5.69. The smallest absolute Gasteiger partial charge is 0.224 e. The van der Waals surface area contributed by atoms with Crippen LogP contribution in [0.5, 0.6) is 5.75 Å². The molecule has 0 aliphatic rings. The number of aryl methyl sites for hydroxylation is 3. The van der Waals surface area contributed by atoms with E-state index in [2.05, 4.69) is 11.4 Å². The molecule has 0 heterocycles. The maximum Gasteiger partial charge on any atom is 0.224 e. The lowest BCUT2D eigenvalue weighted by molar-refractivity contribution is -0.116. The maximum atomic E-state index is 11.9. The van der Waals surface area contributed by atoms with Crippen molar-refractivity contribution >= 4 is 11.6 Å². The van der Waals surface area contributed by atoms with Gasteiger partial charge in [-0.15, -0.1) is 0 Å². The number of hydrogen-bond acceptors (Lipinski definition) is 2. The lowest BCUT2D eigenvalue weighted by Gasteiger charge is -2.09. The number of nitrogens with one attached hydrogen (secondary N) is 1. The molecule has 2 rings (SSSR count). The van der Waals surface area contributed by atoms with Crippen LogP contribution in [0.15, 0.2) is 42.5 Å². The Morgan fingerprint density at radius 2 is 1.73 bits per heavy atom. The van der Waals surface area contributed by atoms with Crippen LogP contribution < -0.4 is 10.1 Å². The molecule has 0 unspecified atom stereocenters. The van der Waals surface area contributed by atoms with E-state index >= 15 is 0 Å². The van der Waals surface area contributed by atoms with E-state index in [0.29, 0.717) is 19.4 Å². The van der Waals surface area contributed by atoms with Crippen LogP contribution in [0, 0.1) is 20.8 Å². The molecule has 3 nitrogen and oxygen atoms in total. The molecule has 1 N–H and O–H groups in total. The van der Waals surface area contributed by atoms with Crippen LogP contribution in [0.4, 0.5) is 5.69 Å². The van der Waals surface area contributed by atoms with Crippen molar-refractivity contribution in [2.75, 3.05) is 11.9 Å². The third-order valence-corrected chi connectivity index (χ3v) is 3.31. The molecule has 0 saturated carbocycles. The third-order valence-electron chi connectivity index (χ3n) is 3.31. The number of carbonyl (C=O) groups is 1. The summed E-state index contributed by atoms with van der Waals surface area (Å²) in [6.07, 6.45) is 1.16. The monoisotopic (exact) mass is 297 g/mol. The van der Waals surface area contributed by atoms with E-state index < -0.39 is 0 Å². The van der Waals surface area contributed by atoms with Gasteiger partial charge in [0.15, 0.2) is 0 Å². The van der Waals surface area contributed by atoms with Crippen molar-refractivity contribution in [2.24, 2.45) is 0 Å². The summed E-state index contributed by atoms with van der Waals surface area (Å²) in [7, 11) is 0. The van der Waals surface area contributed by atoms with Gasteiger partial charge in [0.2, 0.25) is 5.91 Å². The van der Waals surface area contributed by atoms with E-state index in [1.165, 1.54) is 5.56 Å². The van der Waals surface area contributed by atoms with Gasteiger partial charge in [-0.1, -0.05) is 18.2 Å². The fourth-order valence-corrected chi connectivity index (χ4v) is 2.40.